The summed E-state index contributed by atoms with van der Waals surface area (Å²) in [6.07, 6.45) is 2.52. The van der Waals surface area contributed by atoms with Crippen LogP contribution in [0.4, 0.5) is 0 Å². The van der Waals surface area contributed by atoms with Crippen LogP contribution < -0.4 is 0 Å². The lowest BCUT2D eigenvalue weighted by atomic mass is 10.0. The maximum atomic E-state index is 6.49. The van der Waals surface area contributed by atoms with Gasteiger partial charge < -0.3 is 4.42 Å². The first-order chi connectivity index (χ1) is 8.83. The fourth-order valence-electron chi connectivity index (χ4n) is 2.58. The standard InChI is InChI=1S/C16H13ClO/c17-16(10-5-6-10)11-7-8-15-13(9-11)12-3-1-2-4-14(12)18-15/h1-4,7-10,16H,5-6H2. The van der Waals surface area contributed by atoms with Gasteiger partial charge in [0.05, 0.1) is 5.38 Å². The van der Waals surface area contributed by atoms with Crippen molar-refractivity contribution >= 4 is 33.5 Å². The van der Waals surface area contributed by atoms with Crippen LogP contribution in [0.15, 0.2) is 46.9 Å². The summed E-state index contributed by atoms with van der Waals surface area (Å²) in [7, 11) is 0. The lowest BCUT2D eigenvalue weighted by molar-refractivity contribution is 0.668. The van der Waals surface area contributed by atoms with E-state index in [-0.39, 0.29) is 5.38 Å². The molecule has 3 aromatic rings. The minimum absolute atomic E-state index is 0.156. The maximum Gasteiger partial charge on any atom is 0.135 e. The van der Waals surface area contributed by atoms with Crippen LogP contribution in [0, 0.1) is 5.92 Å². The highest BCUT2D eigenvalue weighted by Crippen LogP contribution is 2.45. The van der Waals surface area contributed by atoms with Crippen molar-refractivity contribution in [1.29, 1.82) is 0 Å². The zero-order chi connectivity index (χ0) is 12.1. The first-order valence-electron chi connectivity index (χ1n) is 6.38. The minimum Gasteiger partial charge on any atom is -0.456 e. The van der Waals surface area contributed by atoms with Gasteiger partial charge in [-0.05, 0) is 42.5 Å². The average molecular weight is 257 g/mol. The predicted octanol–water partition coefficient (Wildman–Crippen LogP) is 5.28. The summed E-state index contributed by atoms with van der Waals surface area (Å²) in [6.45, 7) is 0. The molecule has 1 unspecified atom stereocenters. The van der Waals surface area contributed by atoms with E-state index in [1.54, 1.807) is 0 Å². The zero-order valence-electron chi connectivity index (χ0n) is 9.90. The second kappa shape index (κ2) is 3.76. The van der Waals surface area contributed by atoms with E-state index < -0.39 is 0 Å². The number of hydrogen-bond acceptors (Lipinski definition) is 1. The summed E-state index contributed by atoms with van der Waals surface area (Å²) >= 11 is 6.49. The molecule has 1 aliphatic rings. The SMILES string of the molecule is ClC(c1ccc2oc3ccccc3c2c1)C1CC1. The predicted molar refractivity (Wildman–Crippen MR) is 75.0 cm³/mol. The second-order valence-electron chi connectivity index (χ2n) is 5.09. The number of furan rings is 1. The summed E-state index contributed by atoms with van der Waals surface area (Å²) in [6, 6.07) is 14.5. The lowest BCUT2D eigenvalue weighted by Crippen LogP contribution is -1.91. The van der Waals surface area contributed by atoms with E-state index in [0.29, 0.717) is 5.92 Å². The Kier molecular flexibility index (Phi) is 2.18. The van der Waals surface area contributed by atoms with Crippen molar-refractivity contribution < 1.29 is 4.42 Å². The van der Waals surface area contributed by atoms with Crippen LogP contribution in [0.3, 0.4) is 0 Å². The number of benzene rings is 2. The number of fused-ring (bicyclic) bond motifs is 3. The van der Waals surface area contributed by atoms with E-state index in [0.717, 1.165) is 11.2 Å². The molecule has 1 saturated carbocycles. The van der Waals surface area contributed by atoms with Crippen molar-refractivity contribution in [2.75, 3.05) is 0 Å². The van der Waals surface area contributed by atoms with E-state index >= 15 is 0 Å². The van der Waals surface area contributed by atoms with Gasteiger partial charge in [0, 0.05) is 10.8 Å². The number of halogens is 1. The second-order valence-corrected chi connectivity index (χ2v) is 5.56. The van der Waals surface area contributed by atoms with Crippen LogP contribution in [-0.4, -0.2) is 0 Å². The monoisotopic (exact) mass is 256 g/mol. The van der Waals surface area contributed by atoms with E-state index in [2.05, 4.69) is 18.2 Å². The molecule has 0 radical (unpaired) electrons. The smallest absolute Gasteiger partial charge is 0.135 e. The zero-order valence-corrected chi connectivity index (χ0v) is 10.7. The van der Waals surface area contributed by atoms with E-state index in [9.17, 15) is 0 Å². The molecule has 1 nitrogen and oxygen atoms in total. The van der Waals surface area contributed by atoms with Crippen LogP contribution in [0.25, 0.3) is 21.9 Å². The summed E-state index contributed by atoms with van der Waals surface area (Å²) in [4.78, 5) is 0. The van der Waals surface area contributed by atoms with Crippen molar-refractivity contribution in [1.82, 2.24) is 0 Å². The number of rotatable bonds is 2. The topological polar surface area (TPSA) is 13.1 Å². The van der Waals surface area contributed by atoms with Gasteiger partial charge in [-0.2, -0.15) is 0 Å². The first-order valence-corrected chi connectivity index (χ1v) is 6.82. The van der Waals surface area contributed by atoms with Gasteiger partial charge in [-0.1, -0.05) is 24.3 Å². The molecule has 90 valence electrons. The Morgan fingerprint density at radius 3 is 2.61 bits per heavy atom. The van der Waals surface area contributed by atoms with Gasteiger partial charge in [0.25, 0.3) is 0 Å². The van der Waals surface area contributed by atoms with Gasteiger partial charge in [-0.15, -0.1) is 11.6 Å². The molecule has 2 aromatic carbocycles. The normalized spacial score (nSPS) is 17.4. The lowest BCUT2D eigenvalue weighted by Gasteiger charge is -2.07. The summed E-state index contributed by atoms with van der Waals surface area (Å²) in [5.74, 6) is 0.669. The number of para-hydroxylation sites is 1. The van der Waals surface area contributed by atoms with Crippen LogP contribution in [0.1, 0.15) is 23.8 Å². The van der Waals surface area contributed by atoms with Gasteiger partial charge >= 0.3 is 0 Å². The van der Waals surface area contributed by atoms with Crippen LogP contribution in [-0.2, 0) is 0 Å². The molecule has 2 heteroatoms. The summed E-state index contributed by atoms with van der Waals surface area (Å²) in [5.41, 5.74) is 3.11. The van der Waals surface area contributed by atoms with Gasteiger partial charge in [-0.3, -0.25) is 0 Å². The molecule has 1 fully saturated rings. The van der Waals surface area contributed by atoms with E-state index in [1.165, 1.54) is 29.2 Å². The molecule has 0 saturated heterocycles. The van der Waals surface area contributed by atoms with Gasteiger partial charge in [0.15, 0.2) is 0 Å². The number of alkyl halides is 1. The molecular formula is C16H13ClO. The Labute approximate surface area is 110 Å². The molecule has 0 bridgehead atoms. The van der Waals surface area contributed by atoms with Crippen LogP contribution >= 0.6 is 11.6 Å². The summed E-state index contributed by atoms with van der Waals surface area (Å²) < 4.78 is 5.82. The fraction of sp³-hybridized carbons (Fsp3) is 0.250. The molecular weight excluding hydrogens is 244 g/mol. The molecule has 18 heavy (non-hydrogen) atoms. The number of hydrogen-bond donors (Lipinski definition) is 0. The van der Waals surface area contributed by atoms with Gasteiger partial charge in [0.2, 0.25) is 0 Å². The Morgan fingerprint density at radius 2 is 1.78 bits per heavy atom. The Bertz CT molecular complexity index is 724. The molecule has 0 amide bonds. The Balaban J connectivity index is 1.94. The van der Waals surface area contributed by atoms with E-state index in [1.807, 2.05) is 24.3 Å². The molecule has 4 rings (SSSR count). The third kappa shape index (κ3) is 1.54. The molecule has 1 aromatic heterocycles. The molecule has 0 spiro atoms. The quantitative estimate of drug-likeness (QED) is 0.569. The highest BCUT2D eigenvalue weighted by atomic mass is 35.5. The molecule has 0 N–H and O–H groups in total. The van der Waals surface area contributed by atoms with Crippen molar-refractivity contribution in [3.63, 3.8) is 0 Å². The third-order valence-electron chi connectivity index (χ3n) is 3.76. The van der Waals surface area contributed by atoms with Crippen LogP contribution in [0.2, 0.25) is 0 Å². The van der Waals surface area contributed by atoms with Gasteiger partial charge in [0.1, 0.15) is 11.2 Å². The van der Waals surface area contributed by atoms with Gasteiger partial charge in [-0.25, -0.2) is 0 Å². The molecule has 1 atom stereocenters. The average Bonchev–Trinajstić information content (AvgIpc) is 3.18. The molecule has 1 aliphatic carbocycles. The Hall–Kier alpha value is -1.47. The Morgan fingerprint density at radius 1 is 1.00 bits per heavy atom. The van der Waals surface area contributed by atoms with Crippen molar-refractivity contribution in [3.05, 3.63) is 48.0 Å². The minimum atomic E-state index is 0.156. The van der Waals surface area contributed by atoms with Crippen LogP contribution in [0.5, 0.6) is 0 Å². The highest BCUT2D eigenvalue weighted by molar-refractivity contribution is 6.21. The maximum absolute atomic E-state index is 6.49. The van der Waals surface area contributed by atoms with E-state index in [4.69, 9.17) is 16.0 Å². The van der Waals surface area contributed by atoms with Crippen molar-refractivity contribution in [2.24, 2.45) is 5.92 Å². The third-order valence-corrected chi connectivity index (χ3v) is 4.36. The molecule has 0 aliphatic heterocycles. The van der Waals surface area contributed by atoms with Crippen molar-refractivity contribution in [2.45, 2.75) is 18.2 Å². The highest BCUT2D eigenvalue weighted by Gasteiger charge is 2.30. The largest absolute Gasteiger partial charge is 0.456 e. The fourth-order valence-corrected chi connectivity index (χ4v) is 2.96. The first kappa shape index (κ1) is 10.5. The van der Waals surface area contributed by atoms with Crippen molar-refractivity contribution in [3.8, 4) is 0 Å². The molecule has 1 heterocycles. The summed E-state index contributed by atoms with van der Waals surface area (Å²) in [5, 5.41) is 2.51.